The number of aromatic hydroxyl groups is 2. The quantitative estimate of drug-likeness (QED) is 0.219. The van der Waals surface area contributed by atoms with E-state index in [-0.39, 0.29) is 17.9 Å². The van der Waals surface area contributed by atoms with Crippen molar-refractivity contribution in [1.82, 2.24) is 0 Å². The number of carboxylic acid groups (broad SMARTS) is 1. The van der Waals surface area contributed by atoms with Crippen LogP contribution in [0.15, 0.2) is 48.5 Å². The molecule has 1 atom stereocenters. The van der Waals surface area contributed by atoms with E-state index in [0.29, 0.717) is 7.14 Å². The Kier molecular flexibility index (Phi) is 8.34. The van der Waals surface area contributed by atoms with E-state index in [2.05, 4.69) is 95.7 Å². The molecule has 0 aromatic heterocycles. The van der Waals surface area contributed by atoms with E-state index in [1.807, 2.05) is 30.3 Å². The van der Waals surface area contributed by atoms with E-state index < -0.39 is 12.0 Å². The third-order valence-electron chi connectivity index (χ3n) is 4.35. The van der Waals surface area contributed by atoms with Crippen LogP contribution in [0, 0.1) is 14.3 Å². The van der Waals surface area contributed by atoms with Gasteiger partial charge in [0, 0.05) is 19.2 Å². The predicted molar refractivity (Wildman–Crippen MR) is 151 cm³/mol. The van der Waals surface area contributed by atoms with Crippen molar-refractivity contribution in [1.29, 1.82) is 0 Å². The number of aliphatic carboxylic acids is 1. The number of phenolic OH excluding ortho intramolecular Hbond substituents is 2. The number of hydrogen-bond acceptors (Lipinski definition) is 4. The second-order valence-electron chi connectivity index (χ2n) is 6.53. The number of anilines is 1. The summed E-state index contributed by atoms with van der Waals surface area (Å²) in [6, 6.07) is 13.5. The van der Waals surface area contributed by atoms with Gasteiger partial charge in [-0.15, -0.1) is 0 Å². The zero-order chi connectivity index (χ0) is 22.0. The molecule has 0 radical (unpaired) electrons. The highest BCUT2D eigenvalue weighted by Crippen LogP contribution is 2.35. The minimum Gasteiger partial charge on any atom is -0.508 e. The van der Waals surface area contributed by atoms with E-state index in [4.69, 9.17) is 0 Å². The Hall–Kier alpha value is -0.550. The topological polar surface area (TPSA) is 89.8 Å². The fraction of sp³-hybridized carbons (Fsp3) is 0.0952. The minimum absolute atomic E-state index is 0.0962. The summed E-state index contributed by atoms with van der Waals surface area (Å²) in [4.78, 5) is 12.0. The first-order valence-electron chi connectivity index (χ1n) is 8.59. The van der Waals surface area contributed by atoms with Crippen molar-refractivity contribution in [3.63, 3.8) is 0 Å². The lowest BCUT2D eigenvalue weighted by atomic mass is 9.94. The minimum atomic E-state index is -0.960. The lowest BCUT2D eigenvalue weighted by Crippen LogP contribution is -2.31. The second kappa shape index (κ2) is 10.4. The van der Waals surface area contributed by atoms with Gasteiger partial charge < -0.3 is 20.6 Å². The number of benzene rings is 3. The number of carboxylic acids is 1. The summed E-state index contributed by atoms with van der Waals surface area (Å²) in [5, 5.41) is 33.1. The normalized spacial score (nSPS) is 11.9. The van der Waals surface area contributed by atoms with Crippen LogP contribution in [0.4, 0.5) is 5.69 Å². The molecule has 0 saturated heterocycles. The van der Waals surface area contributed by atoms with Crippen molar-refractivity contribution in [3.8, 4) is 22.6 Å². The lowest BCUT2D eigenvalue weighted by molar-refractivity contribution is -0.137. The highest BCUT2D eigenvalue weighted by Gasteiger charge is 2.21. The van der Waals surface area contributed by atoms with Crippen LogP contribution >= 0.6 is 90.4 Å². The molecule has 156 valence electrons. The van der Waals surface area contributed by atoms with Crippen molar-refractivity contribution in [2.75, 3.05) is 5.32 Å². The Morgan fingerprint density at radius 3 is 2.07 bits per heavy atom. The molecule has 3 aromatic carbocycles. The molecule has 4 N–H and O–H groups in total. The van der Waals surface area contributed by atoms with Crippen LogP contribution in [0.1, 0.15) is 5.56 Å². The molecule has 0 heterocycles. The van der Waals surface area contributed by atoms with Gasteiger partial charge in [-0.2, -0.15) is 0 Å². The van der Waals surface area contributed by atoms with Gasteiger partial charge in [0.1, 0.15) is 17.5 Å². The average molecular weight is 853 g/mol. The molecule has 3 rings (SSSR count). The van der Waals surface area contributed by atoms with Crippen LogP contribution in [-0.2, 0) is 11.2 Å². The van der Waals surface area contributed by atoms with E-state index in [0.717, 1.165) is 29.5 Å². The Morgan fingerprint density at radius 2 is 1.50 bits per heavy atom. The first kappa shape index (κ1) is 24.1. The molecule has 0 aliphatic heterocycles. The predicted octanol–water partition coefficient (Wildman–Crippen LogP) is 6.29. The molecule has 0 aliphatic carbocycles. The van der Waals surface area contributed by atoms with E-state index in [9.17, 15) is 20.1 Å². The lowest BCUT2D eigenvalue weighted by Gasteiger charge is -2.19. The first-order chi connectivity index (χ1) is 14.1. The average Bonchev–Trinajstić information content (AvgIpc) is 2.65. The summed E-state index contributed by atoms with van der Waals surface area (Å²) < 4.78 is 3.41. The van der Waals surface area contributed by atoms with E-state index >= 15 is 0 Å². The summed E-state index contributed by atoms with van der Waals surface area (Å²) in [7, 11) is 0. The van der Waals surface area contributed by atoms with Gasteiger partial charge in [-0.1, -0.05) is 6.07 Å². The van der Waals surface area contributed by atoms with Crippen LogP contribution < -0.4 is 5.32 Å². The second-order valence-corrected chi connectivity index (χ2v) is 11.3. The summed E-state index contributed by atoms with van der Waals surface area (Å²) >= 11 is 8.51. The zero-order valence-corrected chi connectivity index (χ0v) is 23.8. The van der Waals surface area contributed by atoms with Crippen molar-refractivity contribution >= 4 is 102 Å². The molecule has 30 heavy (non-hydrogen) atoms. The molecule has 0 fully saturated rings. The first-order valence-corrected chi connectivity index (χ1v) is 12.9. The largest absolute Gasteiger partial charge is 0.508 e. The van der Waals surface area contributed by atoms with Crippen molar-refractivity contribution in [2.45, 2.75) is 12.5 Å². The van der Waals surface area contributed by atoms with Crippen LogP contribution in [-0.4, -0.2) is 27.3 Å². The van der Waals surface area contributed by atoms with Crippen molar-refractivity contribution in [3.05, 3.63) is 68.4 Å². The Balaban J connectivity index is 1.99. The van der Waals surface area contributed by atoms with Crippen LogP contribution in [0.25, 0.3) is 11.1 Å². The highest BCUT2D eigenvalue weighted by molar-refractivity contribution is 14.1. The van der Waals surface area contributed by atoms with Gasteiger partial charge in [0.25, 0.3) is 0 Å². The maximum absolute atomic E-state index is 12.0. The maximum atomic E-state index is 12.0. The zero-order valence-electron chi connectivity index (χ0n) is 15.2. The summed E-state index contributed by atoms with van der Waals surface area (Å²) in [6.07, 6.45) is 0.223. The molecular weight excluding hydrogens is 838 g/mol. The maximum Gasteiger partial charge on any atom is 0.326 e. The Morgan fingerprint density at radius 1 is 0.900 bits per heavy atom. The van der Waals surface area contributed by atoms with Gasteiger partial charge in [-0.05, 0) is 150 Å². The number of hydrogen-bond donors (Lipinski definition) is 4. The number of carbonyl (C=O) groups is 1. The fourth-order valence-electron chi connectivity index (χ4n) is 2.99. The van der Waals surface area contributed by atoms with Crippen LogP contribution in [0.5, 0.6) is 11.5 Å². The summed E-state index contributed by atoms with van der Waals surface area (Å²) in [6.45, 7) is 0. The number of rotatable bonds is 6. The van der Waals surface area contributed by atoms with Gasteiger partial charge in [0.05, 0.1) is 7.14 Å². The standard InChI is InChI=1S/C21H15I4NO4/c22-12-6-13(23)8-14(7-12)26-19(21(29)30)5-10-1-2-15(27)9-16(10)11-3-17(24)20(28)18(25)4-11/h1-4,6-9,19,26-28H,5H2,(H,29,30)/t19-/m0/s1. The fourth-order valence-corrected chi connectivity index (χ4v) is 6.70. The van der Waals surface area contributed by atoms with Gasteiger partial charge in [0.15, 0.2) is 0 Å². The molecule has 0 spiro atoms. The third-order valence-corrected chi connectivity index (χ3v) is 7.24. The van der Waals surface area contributed by atoms with Gasteiger partial charge in [-0.3, -0.25) is 0 Å². The number of halogens is 4. The molecule has 0 bridgehead atoms. The van der Waals surface area contributed by atoms with Crippen molar-refractivity contribution < 1.29 is 20.1 Å². The third kappa shape index (κ3) is 6.03. The monoisotopic (exact) mass is 853 g/mol. The van der Waals surface area contributed by atoms with Gasteiger partial charge >= 0.3 is 5.97 Å². The molecule has 0 amide bonds. The van der Waals surface area contributed by atoms with Crippen LogP contribution in [0.2, 0.25) is 0 Å². The molecule has 9 heteroatoms. The van der Waals surface area contributed by atoms with Crippen LogP contribution in [0.3, 0.4) is 0 Å². The van der Waals surface area contributed by atoms with Gasteiger partial charge in [-0.25, -0.2) is 4.79 Å². The van der Waals surface area contributed by atoms with E-state index in [1.165, 1.54) is 0 Å². The molecule has 0 saturated carbocycles. The van der Waals surface area contributed by atoms with Crippen molar-refractivity contribution in [2.24, 2.45) is 0 Å². The smallest absolute Gasteiger partial charge is 0.326 e. The number of phenols is 2. The molecule has 0 aliphatic rings. The molecule has 5 nitrogen and oxygen atoms in total. The summed E-state index contributed by atoms with van der Waals surface area (Å²) in [5.41, 5.74) is 3.06. The molecule has 0 unspecified atom stereocenters. The van der Waals surface area contributed by atoms with Gasteiger partial charge in [0.2, 0.25) is 0 Å². The summed E-state index contributed by atoms with van der Waals surface area (Å²) in [5.74, 6) is -0.656. The Labute approximate surface area is 228 Å². The molecule has 3 aromatic rings. The Bertz CT molecular complexity index is 1080. The molecular formula is C21H15I4NO4. The number of nitrogens with one attached hydrogen (secondary N) is 1. The highest BCUT2D eigenvalue weighted by atomic mass is 127. The van der Waals surface area contributed by atoms with E-state index in [1.54, 1.807) is 18.2 Å². The SMILES string of the molecule is O=C(O)[C@H](Cc1ccc(O)cc1-c1cc(I)c(O)c(I)c1)Nc1cc(I)cc(I)c1.